The van der Waals surface area contributed by atoms with Crippen LogP contribution in [0.4, 0.5) is 0 Å². The average Bonchev–Trinajstić information content (AvgIpc) is 2.91. The van der Waals surface area contributed by atoms with Crippen LogP contribution in [0.5, 0.6) is 0 Å². The first-order chi connectivity index (χ1) is 43.2. The van der Waals surface area contributed by atoms with Crippen molar-refractivity contribution in [1.82, 2.24) is 0 Å². The lowest BCUT2D eigenvalue weighted by Crippen LogP contribution is -2.30. The number of carbonyl (C=O) groups is 4. The summed E-state index contributed by atoms with van der Waals surface area (Å²) < 4.78 is 68.2. The average molecular weight is 1320 g/mol. The Labute approximate surface area is 548 Å². The summed E-state index contributed by atoms with van der Waals surface area (Å²) in [4.78, 5) is 72.5. The van der Waals surface area contributed by atoms with Crippen molar-refractivity contribution >= 4 is 39.5 Å². The topological polar surface area (TPSA) is 237 Å². The highest BCUT2D eigenvalue weighted by Gasteiger charge is 2.30. The molecule has 0 aliphatic rings. The van der Waals surface area contributed by atoms with E-state index in [-0.39, 0.29) is 25.7 Å². The summed E-state index contributed by atoms with van der Waals surface area (Å²) in [5.74, 6) is 0.0130. The number of ether oxygens (including phenoxy) is 4. The third kappa shape index (κ3) is 64.3. The second kappa shape index (κ2) is 61.4. The zero-order valence-corrected chi connectivity index (χ0v) is 59.9. The summed E-state index contributed by atoms with van der Waals surface area (Å²) in [7, 11) is -9.91. The number of esters is 4. The first-order valence-corrected chi connectivity index (χ1v) is 39.2. The molecule has 3 N–H and O–H groups in total. The Morgan fingerprint density at radius 3 is 0.900 bits per heavy atom. The Balaban J connectivity index is 5.28. The molecular formula is C71H134O17P2. The predicted octanol–water partition coefficient (Wildman–Crippen LogP) is 19.8. The molecule has 0 heterocycles. The zero-order chi connectivity index (χ0) is 66.6. The van der Waals surface area contributed by atoms with Gasteiger partial charge in [0, 0.05) is 25.7 Å². The van der Waals surface area contributed by atoms with Crippen LogP contribution in [0.15, 0.2) is 24.3 Å². The second-order valence-corrected chi connectivity index (χ2v) is 29.3. The smallest absolute Gasteiger partial charge is 0.462 e. The minimum absolute atomic E-state index is 0.0993. The molecule has 0 aliphatic heterocycles. The number of aliphatic hydroxyl groups is 1. The third-order valence-electron chi connectivity index (χ3n) is 15.8. The van der Waals surface area contributed by atoms with Crippen LogP contribution in [0, 0.1) is 17.8 Å². The fourth-order valence-electron chi connectivity index (χ4n) is 10.2. The van der Waals surface area contributed by atoms with Crippen LogP contribution in [-0.2, 0) is 65.4 Å². The molecule has 5 atom stereocenters. The summed E-state index contributed by atoms with van der Waals surface area (Å²) >= 11 is 0. The predicted molar refractivity (Wildman–Crippen MR) is 363 cm³/mol. The van der Waals surface area contributed by atoms with Gasteiger partial charge in [0.05, 0.1) is 26.4 Å². The van der Waals surface area contributed by atoms with Crippen molar-refractivity contribution < 1.29 is 80.2 Å². The van der Waals surface area contributed by atoms with Gasteiger partial charge in [-0.25, -0.2) is 9.13 Å². The van der Waals surface area contributed by atoms with E-state index >= 15 is 0 Å². The van der Waals surface area contributed by atoms with Crippen LogP contribution in [0.1, 0.15) is 331 Å². The van der Waals surface area contributed by atoms with Crippen LogP contribution >= 0.6 is 15.6 Å². The van der Waals surface area contributed by atoms with Gasteiger partial charge in [-0.2, -0.15) is 0 Å². The first-order valence-electron chi connectivity index (χ1n) is 36.2. The maximum Gasteiger partial charge on any atom is 0.472 e. The normalized spacial score (nSPS) is 14.4. The van der Waals surface area contributed by atoms with E-state index < -0.39 is 97.5 Å². The lowest BCUT2D eigenvalue weighted by Gasteiger charge is -2.21. The minimum atomic E-state index is -4.96. The molecule has 0 aliphatic carbocycles. The molecule has 90 heavy (non-hydrogen) atoms. The molecule has 0 saturated heterocycles. The summed E-state index contributed by atoms with van der Waals surface area (Å²) in [6.07, 6.45) is 48.2. The van der Waals surface area contributed by atoms with E-state index in [4.69, 9.17) is 37.0 Å². The second-order valence-electron chi connectivity index (χ2n) is 26.4. The number of rotatable bonds is 67. The lowest BCUT2D eigenvalue weighted by atomic mass is 10.0. The molecule has 0 saturated carbocycles. The number of phosphoric ester groups is 2. The van der Waals surface area contributed by atoms with Crippen molar-refractivity contribution in [3.8, 4) is 0 Å². The van der Waals surface area contributed by atoms with E-state index in [0.29, 0.717) is 37.5 Å². The molecule has 17 nitrogen and oxygen atoms in total. The van der Waals surface area contributed by atoms with Crippen molar-refractivity contribution in [2.75, 3.05) is 39.6 Å². The Morgan fingerprint density at radius 1 is 0.344 bits per heavy atom. The lowest BCUT2D eigenvalue weighted by molar-refractivity contribution is -0.161. The van der Waals surface area contributed by atoms with E-state index in [9.17, 15) is 43.2 Å². The molecule has 0 bridgehead atoms. The molecule has 3 unspecified atom stereocenters. The highest BCUT2D eigenvalue weighted by atomic mass is 31.2. The minimum Gasteiger partial charge on any atom is -0.462 e. The maximum atomic E-state index is 13.0. The van der Waals surface area contributed by atoms with Gasteiger partial charge in [-0.05, 0) is 69.1 Å². The molecular weight excluding hydrogens is 1190 g/mol. The SMILES string of the molecule is CCCCCC/C=C\C=C/CCCCCCCC(=O)OC[C@H](COP(=O)(O)OCC(O)COP(=O)(O)OC[C@@H](COC(=O)CCCCCCCCCC(C)C)OC(=O)CCCCCCCCCC(C)C)OC(=O)CCCCCCCCCCCCCCC(C)C. The number of carbonyl (C=O) groups excluding carboxylic acids is 4. The summed E-state index contributed by atoms with van der Waals surface area (Å²) in [6, 6.07) is 0. The Kier molecular flexibility index (Phi) is 59.7. The van der Waals surface area contributed by atoms with E-state index in [1.54, 1.807) is 0 Å². The van der Waals surface area contributed by atoms with E-state index in [1.807, 2.05) is 0 Å². The number of hydrogen-bond donors (Lipinski definition) is 3. The third-order valence-corrected chi connectivity index (χ3v) is 17.7. The molecule has 0 amide bonds. The van der Waals surface area contributed by atoms with Gasteiger partial charge in [-0.1, -0.05) is 278 Å². The fourth-order valence-corrected chi connectivity index (χ4v) is 11.8. The van der Waals surface area contributed by atoms with Gasteiger partial charge in [-0.15, -0.1) is 0 Å². The molecule has 0 aromatic carbocycles. The van der Waals surface area contributed by atoms with Crippen LogP contribution in [0.3, 0.4) is 0 Å². The number of unbranched alkanes of at least 4 members (excludes halogenated alkanes) is 32. The van der Waals surface area contributed by atoms with Gasteiger partial charge in [-0.3, -0.25) is 37.3 Å². The molecule has 0 spiro atoms. The van der Waals surface area contributed by atoms with Crippen LogP contribution in [0.25, 0.3) is 0 Å². The highest BCUT2D eigenvalue weighted by molar-refractivity contribution is 7.47. The molecule has 0 rings (SSSR count). The van der Waals surface area contributed by atoms with Crippen molar-refractivity contribution in [3.63, 3.8) is 0 Å². The molecule has 0 aromatic heterocycles. The Bertz CT molecular complexity index is 1860. The van der Waals surface area contributed by atoms with Gasteiger partial charge in [0.2, 0.25) is 0 Å². The van der Waals surface area contributed by atoms with Crippen molar-refractivity contribution in [1.29, 1.82) is 0 Å². The summed E-state index contributed by atoms with van der Waals surface area (Å²) in [5, 5.41) is 10.6. The van der Waals surface area contributed by atoms with Crippen molar-refractivity contribution in [2.45, 2.75) is 349 Å². The van der Waals surface area contributed by atoms with Gasteiger partial charge in [0.15, 0.2) is 12.2 Å². The van der Waals surface area contributed by atoms with Crippen LogP contribution in [-0.4, -0.2) is 96.7 Å². The largest absolute Gasteiger partial charge is 0.472 e. The molecule has 530 valence electrons. The van der Waals surface area contributed by atoms with Crippen LogP contribution < -0.4 is 0 Å². The van der Waals surface area contributed by atoms with Crippen molar-refractivity contribution in [3.05, 3.63) is 24.3 Å². The number of allylic oxidation sites excluding steroid dienone is 4. The zero-order valence-electron chi connectivity index (χ0n) is 58.1. The quantitative estimate of drug-likeness (QED) is 0.0169. The van der Waals surface area contributed by atoms with Crippen molar-refractivity contribution in [2.24, 2.45) is 17.8 Å². The number of phosphoric acid groups is 2. The van der Waals surface area contributed by atoms with E-state index in [2.05, 4.69) is 72.8 Å². The monoisotopic (exact) mass is 1320 g/mol. The standard InChI is InChI=1S/C71H134O17P2/c1-8-9-10-11-12-13-14-15-16-17-21-24-31-38-45-52-68(73)81-58-66(87-70(75)54-47-40-32-25-22-19-18-20-23-28-35-42-49-62(2)3)60-85-89(77,78)83-56-65(72)57-84-90(79,80)86-61-67(88-71(76)55-48-41-34-27-30-37-44-51-64(6)7)59-82-69(74)53-46-39-33-26-29-36-43-50-63(4)5/h13-16,62-67,72H,8-12,17-61H2,1-7H3,(H,77,78)(H,79,80)/b14-13-,16-15-/t65?,66-,67-/m1/s1. The summed E-state index contributed by atoms with van der Waals surface area (Å²) in [5.41, 5.74) is 0. The van der Waals surface area contributed by atoms with E-state index in [1.165, 1.54) is 116 Å². The molecule has 0 radical (unpaired) electrons. The molecule has 0 fully saturated rings. The Morgan fingerprint density at radius 2 is 0.600 bits per heavy atom. The molecule has 0 aromatic rings. The fraction of sp³-hybridized carbons (Fsp3) is 0.887. The van der Waals surface area contributed by atoms with Gasteiger partial charge in [0.25, 0.3) is 0 Å². The van der Waals surface area contributed by atoms with Crippen LogP contribution in [0.2, 0.25) is 0 Å². The van der Waals surface area contributed by atoms with Gasteiger partial charge in [0.1, 0.15) is 19.3 Å². The first kappa shape index (κ1) is 87.5. The number of hydrogen-bond acceptors (Lipinski definition) is 15. The maximum absolute atomic E-state index is 13.0. The highest BCUT2D eigenvalue weighted by Crippen LogP contribution is 2.45. The molecule has 19 heteroatoms. The van der Waals surface area contributed by atoms with Gasteiger partial charge >= 0.3 is 39.5 Å². The summed E-state index contributed by atoms with van der Waals surface area (Å²) in [6.45, 7) is 11.7. The Hall–Kier alpha value is -2.46. The van der Waals surface area contributed by atoms with E-state index in [0.717, 1.165) is 121 Å². The number of aliphatic hydroxyl groups excluding tert-OH is 1. The van der Waals surface area contributed by atoms with Gasteiger partial charge < -0.3 is 33.8 Å².